The van der Waals surface area contributed by atoms with Gasteiger partial charge in [0.25, 0.3) is 0 Å². The lowest BCUT2D eigenvalue weighted by Gasteiger charge is -2.60. The van der Waals surface area contributed by atoms with E-state index in [2.05, 4.69) is 36.4 Å². The van der Waals surface area contributed by atoms with E-state index >= 15 is 0 Å². The van der Waals surface area contributed by atoms with Gasteiger partial charge in [0, 0.05) is 6.61 Å². The van der Waals surface area contributed by atoms with Gasteiger partial charge in [0.15, 0.2) is 0 Å². The number of hydrogen-bond acceptors (Lipinski definition) is 5. The highest BCUT2D eigenvalue weighted by molar-refractivity contribution is 9.10. The first kappa shape index (κ1) is 18.3. The monoisotopic (exact) mass is 448 g/mol. The summed E-state index contributed by atoms with van der Waals surface area (Å²) in [5, 5.41) is 12.0. The molecule has 0 aliphatic heterocycles. The van der Waals surface area contributed by atoms with Gasteiger partial charge in [-0.3, -0.25) is 4.79 Å². The minimum atomic E-state index is -0.329. The Kier molecular flexibility index (Phi) is 4.35. The summed E-state index contributed by atoms with van der Waals surface area (Å²) in [6.45, 7) is 2.97. The average Bonchev–Trinajstić information content (AvgIpc) is 3.28. The van der Waals surface area contributed by atoms with Crippen molar-refractivity contribution in [1.82, 2.24) is 24.5 Å². The molecule has 0 aromatic carbocycles. The molecule has 0 saturated heterocycles. The third-order valence-electron chi connectivity index (χ3n) is 6.78. The van der Waals surface area contributed by atoms with Gasteiger partial charge < -0.3 is 10.1 Å². The predicted molar refractivity (Wildman–Crippen MR) is 105 cm³/mol. The zero-order valence-electron chi connectivity index (χ0n) is 16.0. The topological polar surface area (TPSA) is 86.9 Å². The van der Waals surface area contributed by atoms with Gasteiger partial charge in [-0.05, 0) is 73.2 Å². The van der Waals surface area contributed by atoms with Crippen LogP contribution in [0.4, 0.5) is 5.69 Å². The van der Waals surface area contributed by atoms with Crippen molar-refractivity contribution in [3.05, 3.63) is 23.5 Å². The van der Waals surface area contributed by atoms with Crippen LogP contribution in [-0.4, -0.2) is 37.1 Å². The molecule has 2 unspecified atom stereocenters. The second kappa shape index (κ2) is 6.66. The molecule has 4 aliphatic carbocycles. The summed E-state index contributed by atoms with van der Waals surface area (Å²) in [7, 11) is 0. The molecule has 150 valence electrons. The number of ether oxygens (including phenoxy) is 1. The predicted octanol–water partition coefficient (Wildman–Crippen LogP) is 3.17. The van der Waals surface area contributed by atoms with E-state index < -0.39 is 0 Å². The molecule has 9 heteroatoms. The van der Waals surface area contributed by atoms with Crippen molar-refractivity contribution in [2.75, 3.05) is 11.9 Å². The van der Waals surface area contributed by atoms with Gasteiger partial charge in [0.1, 0.15) is 13.1 Å². The van der Waals surface area contributed by atoms with Crippen molar-refractivity contribution in [2.45, 2.75) is 57.7 Å². The van der Waals surface area contributed by atoms with Gasteiger partial charge >= 0.3 is 0 Å². The molecule has 2 heterocycles. The summed E-state index contributed by atoms with van der Waals surface area (Å²) in [5.41, 5.74) is 0.322. The molecule has 4 aliphatic rings. The van der Waals surface area contributed by atoms with Gasteiger partial charge in [-0.25, -0.2) is 14.3 Å². The highest BCUT2D eigenvalue weighted by atomic mass is 79.9. The highest BCUT2D eigenvalue weighted by Crippen LogP contribution is 2.64. The lowest BCUT2D eigenvalue weighted by atomic mass is 9.46. The normalized spacial score (nSPS) is 33.4. The Balaban J connectivity index is 1.38. The Hall–Kier alpha value is -1.74. The van der Waals surface area contributed by atoms with Crippen LogP contribution in [0.5, 0.6) is 0 Å². The first-order valence-electron chi connectivity index (χ1n) is 10.00. The number of amides is 1. The largest absolute Gasteiger partial charge is 0.360 e. The molecule has 1 N–H and O–H groups in total. The van der Waals surface area contributed by atoms with Gasteiger partial charge in [-0.2, -0.15) is 5.10 Å². The standard InChI is InChI=1S/C19H25BrN6O2/c1-2-28-12-25-9-15(8-22-25)23-16(27)18-4-13-3-14(5-18)7-19(6-13,10-18)26-11-21-17(20)24-26/h8-9,11,13-14H,2-7,10,12H2,1H3,(H,23,27). The fraction of sp³-hybridized carbons (Fsp3) is 0.684. The number of carbonyl (C=O) groups excluding carboxylic acids is 1. The molecule has 2 aromatic heterocycles. The third-order valence-corrected chi connectivity index (χ3v) is 7.14. The van der Waals surface area contributed by atoms with Crippen LogP contribution in [0.15, 0.2) is 23.5 Å². The van der Waals surface area contributed by atoms with Crippen LogP contribution in [0, 0.1) is 17.3 Å². The summed E-state index contributed by atoms with van der Waals surface area (Å²) in [6, 6.07) is 0. The van der Waals surface area contributed by atoms with Gasteiger partial charge in [-0.15, -0.1) is 5.10 Å². The SMILES string of the molecule is CCOCn1cc(NC(=O)C23CC4CC(C2)CC(n2cnc(Br)n2)(C4)C3)cn1. The third kappa shape index (κ3) is 2.99. The van der Waals surface area contributed by atoms with E-state index in [1.54, 1.807) is 10.9 Å². The molecule has 4 saturated carbocycles. The Morgan fingerprint density at radius 3 is 2.82 bits per heavy atom. The first-order chi connectivity index (χ1) is 13.5. The van der Waals surface area contributed by atoms with Crippen LogP contribution in [0.25, 0.3) is 0 Å². The summed E-state index contributed by atoms with van der Waals surface area (Å²) < 4.78 is 9.71. The fourth-order valence-electron chi connectivity index (χ4n) is 6.17. The number of nitrogens with zero attached hydrogens (tertiary/aromatic N) is 5. The van der Waals surface area contributed by atoms with Crippen molar-refractivity contribution in [1.29, 1.82) is 0 Å². The minimum absolute atomic E-state index is 0.0837. The second-order valence-corrected chi connectivity index (χ2v) is 9.48. The van der Waals surface area contributed by atoms with Gasteiger partial charge in [-0.1, -0.05) is 0 Å². The summed E-state index contributed by atoms with van der Waals surface area (Å²) >= 11 is 3.38. The number of nitrogens with one attached hydrogen (secondary N) is 1. The lowest BCUT2D eigenvalue weighted by molar-refractivity contribution is -0.150. The number of aromatic nitrogens is 5. The number of rotatable bonds is 6. The molecular weight excluding hydrogens is 424 g/mol. The maximum absolute atomic E-state index is 13.4. The zero-order chi connectivity index (χ0) is 19.4. The second-order valence-electron chi connectivity index (χ2n) is 8.77. The maximum atomic E-state index is 13.4. The Morgan fingerprint density at radius 2 is 2.14 bits per heavy atom. The molecule has 0 radical (unpaired) electrons. The average molecular weight is 449 g/mol. The van der Waals surface area contributed by atoms with Crippen LogP contribution in [0.2, 0.25) is 0 Å². The van der Waals surface area contributed by atoms with Crippen LogP contribution in [0.1, 0.15) is 45.4 Å². The lowest BCUT2D eigenvalue weighted by Crippen LogP contribution is -2.60. The zero-order valence-corrected chi connectivity index (χ0v) is 17.6. The molecular formula is C19H25BrN6O2. The molecule has 4 fully saturated rings. The van der Waals surface area contributed by atoms with Crippen LogP contribution in [-0.2, 0) is 21.8 Å². The van der Waals surface area contributed by atoms with Crippen molar-refractivity contribution in [3.63, 3.8) is 0 Å². The van der Waals surface area contributed by atoms with Crippen molar-refractivity contribution < 1.29 is 9.53 Å². The molecule has 28 heavy (non-hydrogen) atoms. The Labute approximate surface area is 172 Å². The van der Waals surface area contributed by atoms with E-state index in [1.165, 1.54) is 6.42 Å². The number of halogens is 1. The maximum Gasteiger partial charge on any atom is 0.230 e. The highest BCUT2D eigenvalue weighted by Gasteiger charge is 2.61. The van der Waals surface area contributed by atoms with Crippen molar-refractivity contribution >= 4 is 27.5 Å². The van der Waals surface area contributed by atoms with E-state index in [0.29, 0.717) is 29.9 Å². The molecule has 4 bridgehead atoms. The molecule has 1 amide bonds. The summed E-state index contributed by atoms with van der Waals surface area (Å²) in [6.07, 6.45) is 11.6. The van der Waals surface area contributed by atoms with Gasteiger partial charge in [0.2, 0.25) is 10.6 Å². The van der Waals surface area contributed by atoms with Crippen LogP contribution >= 0.6 is 15.9 Å². The molecule has 2 atom stereocenters. The number of hydrogen-bond donors (Lipinski definition) is 1. The number of carbonyl (C=O) groups is 1. The van der Waals surface area contributed by atoms with Crippen molar-refractivity contribution in [2.24, 2.45) is 17.3 Å². The Morgan fingerprint density at radius 1 is 1.36 bits per heavy atom. The van der Waals surface area contributed by atoms with E-state index in [1.807, 2.05) is 24.1 Å². The quantitative estimate of drug-likeness (QED) is 0.732. The fourth-order valence-corrected chi connectivity index (χ4v) is 6.43. The Bertz CT molecular complexity index is 879. The van der Waals surface area contributed by atoms with E-state index in [-0.39, 0.29) is 16.9 Å². The molecule has 6 rings (SSSR count). The molecule has 2 aromatic rings. The van der Waals surface area contributed by atoms with Crippen LogP contribution < -0.4 is 5.32 Å². The summed E-state index contributed by atoms with van der Waals surface area (Å²) in [5.74, 6) is 1.28. The van der Waals surface area contributed by atoms with Crippen molar-refractivity contribution in [3.8, 4) is 0 Å². The van der Waals surface area contributed by atoms with Crippen LogP contribution in [0.3, 0.4) is 0 Å². The minimum Gasteiger partial charge on any atom is -0.360 e. The molecule has 8 nitrogen and oxygen atoms in total. The smallest absolute Gasteiger partial charge is 0.230 e. The van der Waals surface area contributed by atoms with E-state index in [4.69, 9.17) is 4.74 Å². The van der Waals surface area contributed by atoms with E-state index in [9.17, 15) is 4.79 Å². The first-order valence-corrected chi connectivity index (χ1v) is 10.8. The molecule has 0 spiro atoms. The number of anilines is 1. The van der Waals surface area contributed by atoms with Gasteiger partial charge in [0.05, 0.1) is 29.0 Å². The van der Waals surface area contributed by atoms with E-state index in [0.717, 1.165) is 37.8 Å². The summed E-state index contributed by atoms with van der Waals surface area (Å²) in [4.78, 5) is 17.7.